The Hall–Kier alpha value is -2.03. The van der Waals surface area contributed by atoms with Gasteiger partial charge in [-0.1, -0.05) is 5.21 Å². The van der Waals surface area contributed by atoms with E-state index in [1.807, 2.05) is 0 Å². The third kappa shape index (κ3) is 3.23. The SMILES string of the molecule is C[C@]1(Cn2ccnn2)[C@@H](N[C@H]2CC[C@@H](CC(=O)O)OB2O)N2C(=O)C[C@H]2S1(=O)=O. The molecule has 0 unspecified atom stereocenters. The molecule has 0 aliphatic carbocycles. The Balaban J connectivity index is 1.57. The quantitative estimate of drug-likeness (QED) is 0.341. The first-order valence-electron chi connectivity index (χ1n) is 9.33. The van der Waals surface area contributed by atoms with Gasteiger partial charge in [0.05, 0.1) is 31.7 Å². The van der Waals surface area contributed by atoms with Gasteiger partial charge < -0.3 is 19.7 Å². The molecule has 5 atom stereocenters. The number of sulfone groups is 1. The summed E-state index contributed by atoms with van der Waals surface area (Å²) in [5, 5.41) is 29.0. The largest absolute Gasteiger partial charge is 0.481 e. The fourth-order valence-corrected chi connectivity index (χ4v) is 6.71. The molecule has 1 aromatic heterocycles. The second-order valence-electron chi connectivity index (χ2n) is 7.92. The predicted octanol–water partition coefficient (Wildman–Crippen LogP) is -2.02. The Morgan fingerprint density at radius 1 is 1.48 bits per heavy atom. The molecule has 0 aromatic carbocycles. The number of amides is 1. The molecule has 4 heterocycles. The smallest absolute Gasteiger partial charge is 0.472 e. The van der Waals surface area contributed by atoms with Gasteiger partial charge in [-0.25, -0.2) is 8.42 Å². The van der Waals surface area contributed by atoms with E-state index in [0.29, 0.717) is 12.8 Å². The van der Waals surface area contributed by atoms with E-state index in [0.717, 1.165) is 0 Å². The number of nitrogens with one attached hydrogen (secondary N) is 1. The van der Waals surface area contributed by atoms with Crippen LogP contribution in [0.25, 0.3) is 0 Å². The Morgan fingerprint density at radius 2 is 2.24 bits per heavy atom. The molecule has 14 heteroatoms. The van der Waals surface area contributed by atoms with Crippen LogP contribution in [0, 0.1) is 0 Å². The van der Waals surface area contributed by atoms with Crippen molar-refractivity contribution in [1.82, 2.24) is 25.2 Å². The number of carboxylic acid groups (broad SMARTS) is 1. The summed E-state index contributed by atoms with van der Waals surface area (Å²) < 4.78 is 31.8. The summed E-state index contributed by atoms with van der Waals surface area (Å²) in [6.45, 7) is 1.54. The number of fused-ring (bicyclic) bond motifs is 1. The van der Waals surface area contributed by atoms with Crippen molar-refractivity contribution in [3.63, 3.8) is 0 Å². The number of carbonyl (C=O) groups excluding carboxylic acids is 1. The number of carboxylic acids is 1. The third-order valence-electron chi connectivity index (χ3n) is 6.01. The van der Waals surface area contributed by atoms with E-state index >= 15 is 0 Å². The lowest BCUT2D eigenvalue weighted by Gasteiger charge is -2.42. The zero-order valence-electron chi connectivity index (χ0n) is 15.7. The predicted molar refractivity (Wildman–Crippen MR) is 97.6 cm³/mol. The molecule has 0 bridgehead atoms. The van der Waals surface area contributed by atoms with E-state index in [1.54, 1.807) is 13.1 Å². The topological polar surface area (TPSA) is 164 Å². The van der Waals surface area contributed by atoms with Gasteiger partial charge in [-0.3, -0.25) is 19.6 Å². The second-order valence-corrected chi connectivity index (χ2v) is 10.5. The molecule has 29 heavy (non-hydrogen) atoms. The lowest BCUT2D eigenvalue weighted by Crippen LogP contribution is -2.65. The normalized spacial score (nSPS) is 36.0. The zero-order chi connectivity index (χ0) is 21.0. The number of β-lactam (4-membered cyclic amide) rings is 1. The number of carbonyl (C=O) groups is 2. The van der Waals surface area contributed by atoms with Gasteiger partial charge in [0, 0.05) is 12.1 Å². The molecule has 4 rings (SSSR count). The second kappa shape index (κ2) is 7.04. The monoisotopic (exact) mass is 427 g/mol. The number of aliphatic carboxylic acids is 1. The van der Waals surface area contributed by atoms with Gasteiger partial charge in [0.15, 0.2) is 9.84 Å². The van der Waals surface area contributed by atoms with Gasteiger partial charge in [0.2, 0.25) is 5.91 Å². The van der Waals surface area contributed by atoms with E-state index < -0.39 is 51.3 Å². The minimum atomic E-state index is -3.73. The number of hydrogen-bond donors (Lipinski definition) is 3. The molecule has 3 saturated heterocycles. The molecule has 1 aromatic rings. The summed E-state index contributed by atoms with van der Waals surface area (Å²) in [4.78, 5) is 24.4. The van der Waals surface area contributed by atoms with Crippen LogP contribution in [-0.2, 0) is 30.6 Å². The Bertz CT molecular complexity index is 912. The van der Waals surface area contributed by atoms with Crippen LogP contribution in [0.3, 0.4) is 0 Å². The van der Waals surface area contributed by atoms with Crippen LogP contribution in [0.4, 0.5) is 0 Å². The minimum absolute atomic E-state index is 0.0153. The Kier molecular flexibility index (Phi) is 4.92. The van der Waals surface area contributed by atoms with Crippen molar-refractivity contribution in [2.45, 2.75) is 67.5 Å². The van der Waals surface area contributed by atoms with Crippen molar-refractivity contribution in [2.24, 2.45) is 0 Å². The van der Waals surface area contributed by atoms with Crippen molar-refractivity contribution in [1.29, 1.82) is 0 Å². The van der Waals surface area contributed by atoms with Gasteiger partial charge in [-0.2, -0.15) is 0 Å². The van der Waals surface area contributed by atoms with Gasteiger partial charge in [-0.05, 0) is 19.8 Å². The fourth-order valence-electron chi connectivity index (χ4n) is 4.38. The molecule has 3 aliphatic rings. The van der Waals surface area contributed by atoms with Gasteiger partial charge in [-0.15, -0.1) is 5.10 Å². The maximum absolute atomic E-state index is 13.2. The molecule has 3 aliphatic heterocycles. The molecule has 0 saturated carbocycles. The average molecular weight is 427 g/mol. The lowest BCUT2D eigenvalue weighted by atomic mass is 9.71. The van der Waals surface area contributed by atoms with Crippen molar-refractivity contribution in [2.75, 3.05) is 0 Å². The number of hydrogen-bond acceptors (Lipinski definition) is 9. The first kappa shape index (κ1) is 20.3. The number of nitrogens with zero attached hydrogens (tertiary/aromatic N) is 4. The molecule has 3 N–H and O–H groups in total. The van der Waals surface area contributed by atoms with Crippen molar-refractivity contribution in [3.05, 3.63) is 12.4 Å². The van der Waals surface area contributed by atoms with Crippen LogP contribution in [0.15, 0.2) is 12.4 Å². The summed E-state index contributed by atoms with van der Waals surface area (Å²) in [5.41, 5.74) is 0. The number of rotatable bonds is 6. The molecule has 0 spiro atoms. The Labute approximate surface area is 167 Å². The Morgan fingerprint density at radius 3 is 2.83 bits per heavy atom. The van der Waals surface area contributed by atoms with Gasteiger partial charge in [0.1, 0.15) is 16.3 Å². The van der Waals surface area contributed by atoms with E-state index in [2.05, 4.69) is 15.6 Å². The molecular weight excluding hydrogens is 405 g/mol. The molecule has 3 fully saturated rings. The highest BCUT2D eigenvalue weighted by Gasteiger charge is 2.68. The summed E-state index contributed by atoms with van der Waals surface area (Å²) in [6.07, 6.45) is 1.95. The minimum Gasteiger partial charge on any atom is -0.481 e. The van der Waals surface area contributed by atoms with Crippen molar-refractivity contribution >= 4 is 28.8 Å². The first-order valence-corrected chi connectivity index (χ1v) is 10.9. The molecule has 158 valence electrons. The molecule has 12 nitrogen and oxygen atoms in total. The lowest BCUT2D eigenvalue weighted by molar-refractivity contribution is -0.146. The molecular formula is C15H22BN5O7S. The first-order chi connectivity index (χ1) is 13.6. The van der Waals surface area contributed by atoms with Crippen LogP contribution in [0.5, 0.6) is 0 Å². The van der Waals surface area contributed by atoms with Crippen LogP contribution in [-0.4, -0.2) is 85.8 Å². The maximum atomic E-state index is 13.2. The standard InChI is InChI=1S/C15H22BN5O7S/c1-15(8-20-5-4-17-19-20)14(21-11(22)7-12(21)29(15,26)27)18-10-3-2-9(6-13(23)24)28-16(10)25/h4-5,9-10,12,14,18,25H,2-3,6-8H2,1H3,(H,23,24)/t9-,10-,12+,14-,15-/m0/s1. The van der Waals surface area contributed by atoms with Crippen LogP contribution in [0.2, 0.25) is 0 Å². The summed E-state index contributed by atoms with van der Waals surface area (Å²) in [5.74, 6) is -1.96. The van der Waals surface area contributed by atoms with E-state index in [4.69, 9.17) is 9.76 Å². The highest BCUT2D eigenvalue weighted by Crippen LogP contribution is 2.46. The van der Waals surface area contributed by atoms with E-state index in [1.165, 1.54) is 15.8 Å². The summed E-state index contributed by atoms with van der Waals surface area (Å²) >= 11 is 0. The van der Waals surface area contributed by atoms with E-state index in [9.17, 15) is 23.0 Å². The molecule has 1 amide bonds. The van der Waals surface area contributed by atoms with E-state index in [-0.39, 0.29) is 25.3 Å². The zero-order valence-corrected chi connectivity index (χ0v) is 16.5. The number of aromatic nitrogens is 3. The third-order valence-corrected chi connectivity index (χ3v) is 8.77. The maximum Gasteiger partial charge on any atom is 0.472 e. The summed E-state index contributed by atoms with van der Waals surface area (Å²) in [6, 6.07) is 0. The van der Waals surface area contributed by atoms with Crippen LogP contribution < -0.4 is 5.32 Å². The van der Waals surface area contributed by atoms with Crippen molar-refractivity contribution < 1.29 is 32.8 Å². The summed E-state index contributed by atoms with van der Waals surface area (Å²) in [7, 11) is -5.04. The van der Waals surface area contributed by atoms with Gasteiger partial charge >= 0.3 is 13.1 Å². The van der Waals surface area contributed by atoms with Crippen molar-refractivity contribution in [3.8, 4) is 0 Å². The highest BCUT2D eigenvalue weighted by atomic mass is 32.2. The van der Waals surface area contributed by atoms with Crippen LogP contribution in [0.1, 0.15) is 32.6 Å². The fraction of sp³-hybridized carbons (Fsp3) is 0.733. The van der Waals surface area contributed by atoms with Crippen LogP contribution >= 0.6 is 0 Å². The molecule has 0 radical (unpaired) electrons. The van der Waals surface area contributed by atoms with Gasteiger partial charge in [0.25, 0.3) is 0 Å². The highest BCUT2D eigenvalue weighted by molar-refractivity contribution is 7.93. The average Bonchev–Trinajstić information content (AvgIpc) is 3.16.